The van der Waals surface area contributed by atoms with Gasteiger partial charge in [-0.05, 0) is 36.6 Å². The molecule has 30 heavy (non-hydrogen) atoms. The summed E-state index contributed by atoms with van der Waals surface area (Å²) < 4.78 is 5.37. The van der Waals surface area contributed by atoms with Gasteiger partial charge in [0.25, 0.3) is 0 Å². The van der Waals surface area contributed by atoms with Crippen LogP contribution < -0.4 is 19.9 Å². The lowest BCUT2D eigenvalue weighted by Gasteiger charge is -2.37. The second-order valence-corrected chi connectivity index (χ2v) is 7.89. The summed E-state index contributed by atoms with van der Waals surface area (Å²) in [7, 11) is 3.60. The number of nitrogens with one attached hydrogen (secondary N) is 1. The zero-order valence-corrected chi connectivity index (χ0v) is 18.0. The Hall–Kier alpha value is -2.96. The summed E-state index contributed by atoms with van der Waals surface area (Å²) in [6.45, 7) is 6.93. The highest BCUT2D eigenvalue weighted by molar-refractivity contribution is 5.80. The van der Waals surface area contributed by atoms with Crippen LogP contribution >= 0.6 is 0 Å². The van der Waals surface area contributed by atoms with Gasteiger partial charge in [-0.2, -0.15) is 0 Å². The van der Waals surface area contributed by atoms with Gasteiger partial charge in [-0.3, -0.25) is 4.99 Å². The topological polar surface area (TPSA) is 56.2 Å². The van der Waals surface area contributed by atoms with E-state index in [0.717, 1.165) is 63.3 Å². The van der Waals surface area contributed by atoms with Gasteiger partial charge >= 0.3 is 0 Å². The molecular weight excluding hydrogens is 376 g/mol. The van der Waals surface area contributed by atoms with Crippen LogP contribution in [0.1, 0.15) is 6.42 Å². The third-order valence-corrected chi connectivity index (χ3v) is 6.02. The number of hydrogen-bond donors (Lipinski definition) is 1. The molecule has 2 aliphatic heterocycles. The summed E-state index contributed by atoms with van der Waals surface area (Å²) in [6.07, 6.45) is 3.05. The van der Waals surface area contributed by atoms with Crippen molar-refractivity contribution >= 4 is 17.5 Å². The lowest BCUT2D eigenvalue weighted by atomic mass is 10.1. The van der Waals surface area contributed by atoms with Crippen LogP contribution in [0.15, 0.2) is 53.7 Å². The number of ether oxygens (including phenoxy) is 1. The highest BCUT2D eigenvalue weighted by atomic mass is 16.5. The van der Waals surface area contributed by atoms with Crippen LogP contribution in [0.25, 0.3) is 0 Å². The van der Waals surface area contributed by atoms with E-state index in [-0.39, 0.29) is 0 Å². The van der Waals surface area contributed by atoms with E-state index in [2.05, 4.69) is 54.3 Å². The van der Waals surface area contributed by atoms with Crippen molar-refractivity contribution in [3.63, 3.8) is 0 Å². The van der Waals surface area contributed by atoms with Gasteiger partial charge in [-0.1, -0.05) is 12.1 Å². The molecule has 0 saturated carbocycles. The van der Waals surface area contributed by atoms with Crippen LogP contribution in [0.3, 0.4) is 0 Å². The van der Waals surface area contributed by atoms with Crippen LogP contribution in [0, 0.1) is 5.92 Å². The van der Waals surface area contributed by atoms with Crippen molar-refractivity contribution in [2.24, 2.45) is 10.9 Å². The Labute approximate surface area is 179 Å². The lowest BCUT2D eigenvalue weighted by molar-refractivity contribution is 0.368. The van der Waals surface area contributed by atoms with Gasteiger partial charge in [0.15, 0.2) is 5.96 Å². The minimum Gasteiger partial charge on any atom is -0.497 e. The van der Waals surface area contributed by atoms with Gasteiger partial charge in [0.1, 0.15) is 11.6 Å². The fraction of sp³-hybridized carbons (Fsp3) is 0.478. The van der Waals surface area contributed by atoms with Crippen molar-refractivity contribution in [2.75, 3.05) is 69.8 Å². The fourth-order valence-electron chi connectivity index (χ4n) is 4.30. The maximum absolute atomic E-state index is 5.37. The number of pyridine rings is 1. The van der Waals surface area contributed by atoms with E-state index >= 15 is 0 Å². The molecule has 2 aromatic rings. The minimum atomic E-state index is 0.614. The Morgan fingerprint density at radius 2 is 1.97 bits per heavy atom. The molecule has 0 aliphatic carbocycles. The highest BCUT2D eigenvalue weighted by Crippen LogP contribution is 2.26. The Balaban J connectivity index is 1.25. The summed E-state index contributed by atoms with van der Waals surface area (Å²) in [5.74, 6) is 3.60. The van der Waals surface area contributed by atoms with Crippen molar-refractivity contribution in [1.29, 1.82) is 0 Å². The molecule has 1 unspecified atom stereocenters. The van der Waals surface area contributed by atoms with E-state index in [1.54, 1.807) is 7.11 Å². The van der Waals surface area contributed by atoms with Gasteiger partial charge in [-0.15, -0.1) is 0 Å². The number of benzene rings is 1. The predicted molar refractivity (Wildman–Crippen MR) is 123 cm³/mol. The maximum Gasteiger partial charge on any atom is 0.193 e. The normalized spacial score (nSPS) is 19.9. The summed E-state index contributed by atoms with van der Waals surface area (Å²) in [5.41, 5.74) is 1.24. The molecule has 0 spiro atoms. The number of methoxy groups -OCH3 is 1. The number of nitrogens with zero attached hydrogens (tertiary/aromatic N) is 5. The zero-order chi connectivity index (χ0) is 20.8. The van der Waals surface area contributed by atoms with Crippen LogP contribution in [0.2, 0.25) is 0 Å². The molecule has 2 aliphatic rings. The molecule has 1 aromatic carbocycles. The molecule has 0 amide bonds. The highest BCUT2D eigenvalue weighted by Gasteiger charge is 2.25. The molecular formula is C23H32N6O. The summed E-state index contributed by atoms with van der Waals surface area (Å²) >= 11 is 0. The van der Waals surface area contributed by atoms with E-state index in [1.807, 2.05) is 31.4 Å². The average molecular weight is 409 g/mol. The van der Waals surface area contributed by atoms with E-state index in [9.17, 15) is 0 Å². The van der Waals surface area contributed by atoms with Crippen molar-refractivity contribution in [2.45, 2.75) is 6.42 Å². The number of hydrogen-bond acceptors (Lipinski definition) is 5. The maximum atomic E-state index is 5.37. The molecule has 1 atom stereocenters. The van der Waals surface area contributed by atoms with Crippen LogP contribution in [0.4, 0.5) is 11.5 Å². The number of piperazine rings is 1. The molecule has 0 radical (unpaired) electrons. The predicted octanol–water partition coefficient (Wildman–Crippen LogP) is 2.31. The first-order chi connectivity index (χ1) is 14.8. The van der Waals surface area contributed by atoms with E-state index in [1.165, 1.54) is 12.1 Å². The van der Waals surface area contributed by atoms with Gasteiger partial charge in [0, 0.05) is 70.8 Å². The first-order valence-corrected chi connectivity index (χ1v) is 10.8. The number of aromatic nitrogens is 1. The second-order valence-electron chi connectivity index (χ2n) is 7.89. The summed E-state index contributed by atoms with van der Waals surface area (Å²) in [6, 6.07) is 14.4. The third kappa shape index (κ3) is 4.78. The first-order valence-electron chi connectivity index (χ1n) is 10.8. The molecule has 4 rings (SSSR count). The van der Waals surface area contributed by atoms with Crippen molar-refractivity contribution in [3.8, 4) is 5.75 Å². The molecule has 1 aromatic heterocycles. The van der Waals surface area contributed by atoms with E-state index < -0.39 is 0 Å². The van der Waals surface area contributed by atoms with Crippen LogP contribution in [0.5, 0.6) is 5.75 Å². The standard InChI is InChI=1S/C23H32N6O/c1-24-23(28-14-12-27(13-15-28)22-8-3-4-10-25-22)26-17-19-9-11-29(18-19)20-6-5-7-21(16-20)30-2/h3-8,10,16,19H,9,11-15,17-18H2,1-2H3,(H,24,26). The zero-order valence-electron chi connectivity index (χ0n) is 18.0. The third-order valence-electron chi connectivity index (χ3n) is 6.02. The summed E-state index contributed by atoms with van der Waals surface area (Å²) in [4.78, 5) is 16.2. The number of rotatable bonds is 5. The van der Waals surface area contributed by atoms with Crippen molar-refractivity contribution < 1.29 is 4.74 Å². The molecule has 2 saturated heterocycles. The Bertz CT molecular complexity index is 835. The van der Waals surface area contributed by atoms with Crippen LogP contribution in [-0.2, 0) is 0 Å². The smallest absolute Gasteiger partial charge is 0.193 e. The molecule has 1 N–H and O–H groups in total. The largest absolute Gasteiger partial charge is 0.497 e. The van der Waals surface area contributed by atoms with Crippen LogP contribution in [-0.4, -0.2) is 75.8 Å². The Kier molecular flexibility index (Phi) is 6.57. The monoisotopic (exact) mass is 408 g/mol. The van der Waals surface area contributed by atoms with Gasteiger partial charge in [0.2, 0.25) is 0 Å². The first kappa shape index (κ1) is 20.3. The fourth-order valence-corrected chi connectivity index (χ4v) is 4.30. The number of aliphatic imine (C=N–C) groups is 1. The van der Waals surface area contributed by atoms with Gasteiger partial charge < -0.3 is 24.8 Å². The molecule has 3 heterocycles. The second kappa shape index (κ2) is 9.69. The number of guanidine groups is 1. The SMILES string of the molecule is CN=C(NCC1CCN(c2cccc(OC)c2)C1)N1CCN(c2ccccn2)CC1. The number of anilines is 2. The molecule has 7 nitrogen and oxygen atoms in total. The minimum absolute atomic E-state index is 0.614. The van der Waals surface area contributed by atoms with Gasteiger partial charge in [0.05, 0.1) is 7.11 Å². The molecule has 2 fully saturated rings. The molecule has 0 bridgehead atoms. The average Bonchev–Trinajstić information content (AvgIpc) is 3.30. The van der Waals surface area contributed by atoms with Crippen molar-refractivity contribution in [1.82, 2.24) is 15.2 Å². The Morgan fingerprint density at radius 1 is 1.10 bits per heavy atom. The van der Waals surface area contributed by atoms with E-state index in [4.69, 9.17) is 4.74 Å². The Morgan fingerprint density at radius 3 is 2.70 bits per heavy atom. The van der Waals surface area contributed by atoms with E-state index in [0.29, 0.717) is 5.92 Å². The molecule has 160 valence electrons. The van der Waals surface area contributed by atoms with Crippen molar-refractivity contribution in [3.05, 3.63) is 48.7 Å². The summed E-state index contributed by atoms with van der Waals surface area (Å²) in [5, 5.41) is 3.62. The van der Waals surface area contributed by atoms with Gasteiger partial charge in [-0.25, -0.2) is 4.98 Å². The quantitative estimate of drug-likeness (QED) is 0.605. The molecule has 7 heteroatoms. The lowest BCUT2D eigenvalue weighted by Crippen LogP contribution is -2.53.